The highest BCUT2D eigenvalue weighted by molar-refractivity contribution is 7.13. The number of benzene rings is 1. The van der Waals surface area contributed by atoms with E-state index < -0.39 is 6.10 Å². The Morgan fingerprint density at radius 3 is 2.83 bits per heavy atom. The largest absolute Gasteiger partial charge is 0.391 e. The normalized spacial score (nSPS) is 26.7. The van der Waals surface area contributed by atoms with Crippen molar-refractivity contribution in [1.29, 1.82) is 0 Å². The predicted octanol–water partition coefficient (Wildman–Crippen LogP) is 2.48. The summed E-state index contributed by atoms with van der Waals surface area (Å²) in [5.41, 5.74) is 8.57. The molecular weight excluding hydrogens is 386 g/mol. The van der Waals surface area contributed by atoms with Crippen LogP contribution < -0.4 is 5.73 Å². The number of aromatic nitrogens is 3. The number of nitrogen functional groups attached to an aromatic ring is 1. The lowest BCUT2D eigenvalue weighted by Gasteiger charge is -2.36. The minimum Gasteiger partial charge on any atom is -0.391 e. The summed E-state index contributed by atoms with van der Waals surface area (Å²) >= 11 is 1.41. The van der Waals surface area contributed by atoms with Crippen LogP contribution in [0.4, 0.5) is 5.13 Å². The van der Waals surface area contributed by atoms with Gasteiger partial charge in [0.1, 0.15) is 0 Å². The first kappa shape index (κ1) is 18.6. The number of para-hydroxylation sites is 2. The van der Waals surface area contributed by atoms with Crippen LogP contribution in [-0.4, -0.2) is 49.6 Å². The molecule has 1 saturated carbocycles. The molecule has 7 nitrogen and oxygen atoms in total. The summed E-state index contributed by atoms with van der Waals surface area (Å²) in [6, 6.07) is 8.04. The van der Waals surface area contributed by atoms with Crippen LogP contribution in [-0.2, 0) is 11.2 Å². The number of anilines is 1. The van der Waals surface area contributed by atoms with Gasteiger partial charge in [0.15, 0.2) is 5.13 Å². The molecule has 3 N–H and O–H groups in total. The fourth-order valence-electron chi connectivity index (χ4n) is 4.98. The van der Waals surface area contributed by atoms with Gasteiger partial charge in [-0.2, -0.15) is 0 Å². The minimum absolute atomic E-state index is 0.0108. The van der Waals surface area contributed by atoms with Crippen molar-refractivity contribution in [3.05, 3.63) is 41.7 Å². The Balaban J connectivity index is 1.25. The molecule has 0 bridgehead atoms. The van der Waals surface area contributed by atoms with E-state index in [2.05, 4.69) is 20.6 Å². The molecule has 1 saturated heterocycles. The van der Waals surface area contributed by atoms with E-state index in [9.17, 15) is 9.90 Å². The number of carbonyl (C=O) groups is 1. The van der Waals surface area contributed by atoms with Crippen LogP contribution in [0.3, 0.4) is 0 Å². The summed E-state index contributed by atoms with van der Waals surface area (Å²) in [4.78, 5) is 23.4. The van der Waals surface area contributed by atoms with Gasteiger partial charge in [-0.25, -0.2) is 9.97 Å². The predicted molar refractivity (Wildman–Crippen MR) is 112 cm³/mol. The molecule has 2 aromatic heterocycles. The minimum atomic E-state index is -0.415. The first-order chi connectivity index (χ1) is 14.1. The summed E-state index contributed by atoms with van der Waals surface area (Å²) in [6.45, 7) is 1.52. The standard InChI is InChI=1S/C21H25N5O2S/c22-21-24-15(11-29-21)5-6-20(28)25-9-13-7-18(19(27)8-14(13)10-25)26-12-23-16-3-1-2-4-17(16)26/h1-4,11-14,18-19,27H,5-10H2,(H2,22,24)/t13-,14+,18-,19-/m1/s1. The van der Waals surface area contributed by atoms with E-state index in [0.717, 1.165) is 42.7 Å². The van der Waals surface area contributed by atoms with Crippen molar-refractivity contribution in [2.75, 3.05) is 18.8 Å². The number of hydrogen-bond acceptors (Lipinski definition) is 6. The van der Waals surface area contributed by atoms with E-state index in [1.165, 1.54) is 11.3 Å². The molecule has 1 aliphatic carbocycles. The second kappa shape index (κ2) is 7.42. The van der Waals surface area contributed by atoms with E-state index >= 15 is 0 Å². The van der Waals surface area contributed by atoms with Gasteiger partial charge >= 0.3 is 0 Å². The Morgan fingerprint density at radius 1 is 1.24 bits per heavy atom. The zero-order chi connectivity index (χ0) is 20.0. The second-order valence-corrected chi connectivity index (χ2v) is 9.13. The summed E-state index contributed by atoms with van der Waals surface area (Å²) in [5.74, 6) is 0.962. The number of rotatable bonds is 4. The lowest BCUT2D eigenvalue weighted by atomic mass is 9.77. The van der Waals surface area contributed by atoms with Crippen LogP contribution in [0, 0.1) is 11.8 Å². The summed E-state index contributed by atoms with van der Waals surface area (Å²) in [6.07, 6.45) is 4.12. The lowest BCUT2D eigenvalue weighted by Crippen LogP contribution is -2.36. The number of nitrogens with zero attached hydrogens (tertiary/aromatic N) is 4. The summed E-state index contributed by atoms with van der Waals surface area (Å²) in [5, 5.41) is 13.3. The van der Waals surface area contributed by atoms with Crippen molar-refractivity contribution in [1.82, 2.24) is 19.4 Å². The maximum atomic E-state index is 12.7. The molecular formula is C21H25N5O2S. The molecule has 1 amide bonds. The zero-order valence-electron chi connectivity index (χ0n) is 16.1. The smallest absolute Gasteiger partial charge is 0.222 e. The molecule has 29 heavy (non-hydrogen) atoms. The molecule has 8 heteroatoms. The van der Waals surface area contributed by atoms with Gasteiger partial charge in [0.25, 0.3) is 0 Å². The first-order valence-electron chi connectivity index (χ1n) is 10.2. The van der Waals surface area contributed by atoms with Crippen LogP contribution in [0.1, 0.15) is 31.0 Å². The number of imidazole rings is 1. The maximum Gasteiger partial charge on any atom is 0.222 e. The Hall–Kier alpha value is -2.45. The van der Waals surface area contributed by atoms with Gasteiger partial charge in [0.2, 0.25) is 5.91 Å². The molecule has 2 fully saturated rings. The lowest BCUT2D eigenvalue weighted by molar-refractivity contribution is -0.130. The number of amides is 1. The number of aliphatic hydroxyl groups is 1. The van der Waals surface area contributed by atoms with Crippen LogP contribution in [0.2, 0.25) is 0 Å². The highest BCUT2D eigenvalue weighted by atomic mass is 32.1. The summed E-state index contributed by atoms with van der Waals surface area (Å²) < 4.78 is 2.12. The van der Waals surface area contributed by atoms with E-state index in [-0.39, 0.29) is 11.9 Å². The van der Waals surface area contributed by atoms with Crippen LogP contribution in [0.25, 0.3) is 11.0 Å². The van der Waals surface area contributed by atoms with E-state index in [4.69, 9.17) is 5.73 Å². The summed E-state index contributed by atoms with van der Waals surface area (Å²) in [7, 11) is 0. The quantitative estimate of drug-likeness (QED) is 0.687. The number of likely N-dealkylation sites (tertiary alicyclic amines) is 1. The van der Waals surface area contributed by atoms with Crippen LogP contribution >= 0.6 is 11.3 Å². The number of hydrogen-bond donors (Lipinski definition) is 2. The monoisotopic (exact) mass is 411 g/mol. The van der Waals surface area contributed by atoms with Gasteiger partial charge in [-0.3, -0.25) is 4.79 Å². The second-order valence-electron chi connectivity index (χ2n) is 8.24. The average Bonchev–Trinajstić information content (AvgIpc) is 3.43. The molecule has 1 aromatic carbocycles. The van der Waals surface area contributed by atoms with Gasteiger partial charge in [-0.05, 0) is 43.2 Å². The number of aliphatic hydroxyl groups excluding tert-OH is 1. The van der Waals surface area contributed by atoms with Crippen molar-refractivity contribution in [2.45, 2.75) is 37.8 Å². The van der Waals surface area contributed by atoms with Gasteiger partial charge in [-0.15, -0.1) is 11.3 Å². The van der Waals surface area contributed by atoms with Crippen LogP contribution in [0.15, 0.2) is 36.0 Å². The fraction of sp³-hybridized carbons (Fsp3) is 0.476. The fourth-order valence-corrected chi connectivity index (χ4v) is 5.58. The zero-order valence-corrected chi connectivity index (χ0v) is 17.0. The molecule has 3 heterocycles. The molecule has 3 aromatic rings. The van der Waals surface area contributed by atoms with Gasteiger partial charge in [-0.1, -0.05) is 12.1 Å². The molecule has 2 aliphatic rings. The topological polar surface area (TPSA) is 97.3 Å². The first-order valence-corrected chi connectivity index (χ1v) is 11.0. The van der Waals surface area contributed by atoms with E-state index in [0.29, 0.717) is 29.8 Å². The number of aryl methyl sites for hydroxylation is 1. The van der Waals surface area contributed by atoms with Gasteiger partial charge < -0.3 is 20.3 Å². The molecule has 5 rings (SSSR count). The molecule has 0 unspecified atom stereocenters. The Bertz CT molecular complexity index is 1030. The van der Waals surface area contributed by atoms with Crippen molar-refractivity contribution >= 4 is 33.4 Å². The number of thiazole rings is 1. The van der Waals surface area contributed by atoms with Crippen molar-refractivity contribution in [3.8, 4) is 0 Å². The molecule has 0 radical (unpaired) electrons. The van der Waals surface area contributed by atoms with Crippen LogP contribution in [0.5, 0.6) is 0 Å². The molecule has 1 aliphatic heterocycles. The third kappa shape index (κ3) is 3.51. The third-order valence-electron chi connectivity index (χ3n) is 6.46. The third-order valence-corrected chi connectivity index (χ3v) is 7.19. The Labute approximate surface area is 173 Å². The number of carbonyl (C=O) groups excluding carboxylic acids is 1. The Morgan fingerprint density at radius 2 is 2.03 bits per heavy atom. The average molecular weight is 412 g/mol. The highest BCUT2D eigenvalue weighted by Crippen LogP contribution is 2.42. The number of fused-ring (bicyclic) bond motifs is 2. The van der Waals surface area contributed by atoms with Crippen molar-refractivity contribution in [2.24, 2.45) is 11.8 Å². The van der Waals surface area contributed by atoms with Crippen molar-refractivity contribution in [3.63, 3.8) is 0 Å². The SMILES string of the molecule is Nc1nc(CCC(=O)N2C[C@H]3C[C@@H](n4cnc5ccccc54)[C@H](O)C[C@H]3C2)cs1. The maximum absolute atomic E-state index is 12.7. The number of nitrogens with two attached hydrogens (primary N) is 1. The Kier molecular flexibility index (Phi) is 4.75. The highest BCUT2D eigenvalue weighted by Gasteiger charge is 2.43. The molecule has 152 valence electrons. The van der Waals surface area contributed by atoms with Gasteiger partial charge in [0.05, 0.1) is 35.2 Å². The van der Waals surface area contributed by atoms with Gasteiger partial charge in [0, 0.05) is 24.9 Å². The van der Waals surface area contributed by atoms with Crippen molar-refractivity contribution < 1.29 is 9.90 Å². The van der Waals surface area contributed by atoms with E-state index in [1.807, 2.05) is 34.8 Å². The molecule has 4 atom stereocenters. The molecule has 0 spiro atoms. The van der Waals surface area contributed by atoms with E-state index in [1.54, 1.807) is 0 Å².